The van der Waals surface area contributed by atoms with Crippen molar-refractivity contribution in [3.05, 3.63) is 53.6 Å². The molecule has 0 bridgehead atoms. The number of benzene rings is 2. The van der Waals surface area contributed by atoms with Crippen molar-refractivity contribution in [3.8, 4) is 0 Å². The number of nitrogens with zero attached hydrogens (tertiary/aromatic N) is 3. The average molecular weight is 412 g/mol. The van der Waals surface area contributed by atoms with Crippen LogP contribution in [0.2, 0.25) is 0 Å². The van der Waals surface area contributed by atoms with Crippen molar-refractivity contribution >= 4 is 26.9 Å². The lowest BCUT2D eigenvalue weighted by Gasteiger charge is -2.41. The summed E-state index contributed by atoms with van der Waals surface area (Å²) in [5, 5.41) is 0. The fraction of sp³-hybridized carbons (Fsp3) is 0.478. The Balaban J connectivity index is 1.43. The molecule has 0 spiro atoms. The summed E-state index contributed by atoms with van der Waals surface area (Å²) in [6, 6.07) is 15.9. The Kier molecular flexibility index (Phi) is 4.69. The van der Waals surface area contributed by atoms with Gasteiger partial charge in [0.15, 0.2) is 9.84 Å². The van der Waals surface area contributed by atoms with Crippen LogP contribution in [0.5, 0.6) is 0 Å². The molecule has 2 heterocycles. The minimum atomic E-state index is -2.87. The highest BCUT2D eigenvalue weighted by Crippen LogP contribution is 2.42. The molecule has 3 aliphatic rings. The van der Waals surface area contributed by atoms with Crippen molar-refractivity contribution < 1.29 is 8.42 Å². The summed E-state index contributed by atoms with van der Waals surface area (Å²) in [5.74, 6) is 0.507. The van der Waals surface area contributed by atoms with Gasteiger partial charge in [-0.1, -0.05) is 30.3 Å². The van der Waals surface area contributed by atoms with Crippen molar-refractivity contribution in [2.24, 2.45) is 0 Å². The number of rotatable bonds is 4. The molecular formula is C23H29N3O2S. The fourth-order valence-corrected chi connectivity index (χ4v) is 5.96. The molecule has 1 saturated carbocycles. The lowest BCUT2D eigenvalue weighted by molar-refractivity contribution is 0.586. The summed E-state index contributed by atoms with van der Waals surface area (Å²) in [6.45, 7) is 6.35. The van der Waals surface area contributed by atoms with E-state index < -0.39 is 9.84 Å². The highest BCUT2D eigenvalue weighted by atomic mass is 32.2. The zero-order valence-electron chi connectivity index (χ0n) is 17.0. The number of fused-ring (bicyclic) bond motifs is 1. The van der Waals surface area contributed by atoms with Gasteiger partial charge in [0, 0.05) is 44.5 Å². The SMILES string of the molecule is Cc1cccc2c1N(C1CC1)CCN2Cc1ccccc1N1CCS(=O)(=O)CC1. The first-order valence-electron chi connectivity index (χ1n) is 10.7. The highest BCUT2D eigenvalue weighted by molar-refractivity contribution is 7.91. The van der Waals surface area contributed by atoms with Crippen LogP contribution >= 0.6 is 0 Å². The number of sulfone groups is 1. The predicted molar refractivity (Wildman–Crippen MR) is 120 cm³/mol. The molecule has 29 heavy (non-hydrogen) atoms. The molecule has 1 saturated heterocycles. The molecular weight excluding hydrogens is 382 g/mol. The summed E-state index contributed by atoms with van der Waals surface area (Å²) in [5.41, 5.74) is 6.55. The van der Waals surface area contributed by atoms with Gasteiger partial charge in [0.1, 0.15) is 0 Å². The van der Waals surface area contributed by atoms with Crippen molar-refractivity contribution in [3.63, 3.8) is 0 Å². The maximum atomic E-state index is 11.8. The largest absolute Gasteiger partial charge is 0.369 e. The molecule has 5 nitrogen and oxygen atoms in total. The second kappa shape index (κ2) is 7.24. The van der Waals surface area contributed by atoms with Crippen LogP contribution in [-0.2, 0) is 16.4 Å². The van der Waals surface area contributed by atoms with E-state index in [0.717, 1.165) is 25.7 Å². The quantitative estimate of drug-likeness (QED) is 0.773. The Hall–Kier alpha value is -2.21. The van der Waals surface area contributed by atoms with E-state index in [4.69, 9.17) is 0 Å². The van der Waals surface area contributed by atoms with Crippen molar-refractivity contribution in [2.75, 3.05) is 52.4 Å². The highest BCUT2D eigenvalue weighted by Gasteiger charge is 2.35. The Morgan fingerprint density at radius 1 is 0.897 bits per heavy atom. The van der Waals surface area contributed by atoms with Crippen LogP contribution in [0.25, 0.3) is 0 Å². The van der Waals surface area contributed by atoms with Gasteiger partial charge in [-0.2, -0.15) is 0 Å². The predicted octanol–water partition coefficient (Wildman–Crippen LogP) is 3.22. The fourth-order valence-electron chi connectivity index (χ4n) is 4.76. The standard InChI is InChI=1S/C23H29N3O2S/c1-18-5-4-8-22-23(18)26(20-9-10-20)12-11-25(22)17-19-6-2-3-7-21(19)24-13-15-29(27,28)16-14-24/h2-8,20H,9-17H2,1H3. The first kappa shape index (κ1) is 18.8. The molecule has 0 aromatic heterocycles. The van der Waals surface area contributed by atoms with Crippen molar-refractivity contribution in [1.82, 2.24) is 0 Å². The molecule has 1 aliphatic carbocycles. The minimum absolute atomic E-state index is 0.253. The topological polar surface area (TPSA) is 43.9 Å². The maximum Gasteiger partial charge on any atom is 0.153 e. The van der Waals surface area contributed by atoms with E-state index >= 15 is 0 Å². The molecule has 0 atom stereocenters. The Bertz CT molecular complexity index is 1000. The average Bonchev–Trinajstić information content (AvgIpc) is 3.55. The van der Waals surface area contributed by atoms with Crippen LogP contribution in [0.1, 0.15) is 24.0 Å². The van der Waals surface area contributed by atoms with E-state index in [2.05, 4.69) is 64.1 Å². The Morgan fingerprint density at radius 2 is 1.62 bits per heavy atom. The summed E-state index contributed by atoms with van der Waals surface area (Å²) >= 11 is 0. The number of para-hydroxylation sites is 2. The summed E-state index contributed by atoms with van der Waals surface area (Å²) in [4.78, 5) is 7.36. The van der Waals surface area contributed by atoms with E-state index in [1.54, 1.807) is 0 Å². The van der Waals surface area contributed by atoms with E-state index in [0.29, 0.717) is 13.1 Å². The lowest BCUT2D eigenvalue weighted by Crippen LogP contribution is -2.43. The molecule has 0 amide bonds. The van der Waals surface area contributed by atoms with Crippen LogP contribution in [0.15, 0.2) is 42.5 Å². The zero-order chi connectivity index (χ0) is 20.0. The Morgan fingerprint density at radius 3 is 2.38 bits per heavy atom. The molecule has 5 rings (SSSR count). The van der Waals surface area contributed by atoms with Gasteiger partial charge < -0.3 is 14.7 Å². The molecule has 2 fully saturated rings. The van der Waals surface area contributed by atoms with Crippen LogP contribution in [0.3, 0.4) is 0 Å². The summed E-state index contributed by atoms with van der Waals surface area (Å²) < 4.78 is 23.7. The summed E-state index contributed by atoms with van der Waals surface area (Å²) in [7, 11) is -2.87. The molecule has 6 heteroatoms. The van der Waals surface area contributed by atoms with Gasteiger partial charge in [-0.15, -0.1) is 0 Å². The first-order valence-corrected chi connectivity index (χ1v) is 12.5. The Labute approximate surface area is 173 Å². The smallest absolute Gasteiger partial charge is 0.153 e. The molecule has 2 aromatic carbocycles. The number of hydrogen-bond donors (Lipinski definition) is 0. The van der Waals surface area contributed by atoms with Gasteiger partial charge in [-0.25, -0.2) is 8.42 Å². The molecule has 2 aromatic rings. The molecule has 0 N–H and O–H groups in total. The van der Waals surface area contributed by atoms with Gasteiger partial charge in [0.2, 0.25) is 0 Å². The number of anilines is 3. The second-order valence-corrected chi connectivity index (χ2v) is 10.9. The van der Waals surface area contributed by atoms with E-state index in [9.17, 15) is 8.42 Å². The zero-order valence-corrected chi connectivity index (χ0v) is 17.9. The summed E-state index contributed by atoms with van der Waals surface area (Å²) in [6.07, 6.45) is 2.63. The third kappa shape index (κ3) is 3.70. The van der Waals surface area contributed by atoms with Crippen LogP contribution in [-0.4, -0.2) is 52.1 Å². The van der Waals surface area contributed by atoms with Gasteiger partial charge >= 0.3 is 0 Å². The van der Waals surface area contributed by atoms with Crippen molar-refractivity contribution in [2.45, 2.75) is 32.4 Å². The van der Waals surface area contributed by atoms with E-state index in [-0.39, 0.29) is 11.5 Å². The second-order valence-electron chi connectivity index (χ2n) is 8.56. The monoisotopic (exact) mass is 411 g/mol. The van der Waals surface area contributed by atoms with Gasteiger partial charge in [0.05, 0.1) is 22.9 Å². The third-order valence-corrected chi connectivity index (χ3v) is 8.09. The van der Waals surface area contributed by atoms with Gasteiger partial charge in [-0.3, -0.25) is 0 Å². The molecule has 2 aliphatic heterocycles. The number of aryl methyl sites for hydroxylation is 1. The van der Waals surface area contributed by atoms with Gasteiger partial charge in [-0.05, 0) is 43.0 Å². The first-order chi connectivity index (χ1) is 14.0. The lowest BCUT2D eigenvalue weighted by atomic mass is 10.1. The molecule has 154 valence electrons. The normalized spacial score (nSPS) is 21.2. The van der Waals surface area contributed by atoms with Gasteiger partial charge in [0.25, 0.3) is 0 Å². The van der Waals surface area contributed by atoms with Crippen LogP contribution in [0.4, 0.5) is 17.1 Å². The third-order valence-electron chi connectivity index (χ3n) is 6.48. The number of hydrogen-bond acceptors (Lipinski definition) is 5. The van der Waals surface area contributed by atoms with Crippen LogP contribution < -0.4 is 14.7 Å². The van der Waals surface area contributed by atoms with Crippen molar-refractivity contribution in [1.29, 1.82) is 0 Å². The van der Waals surface area contributed by atoms with E-state index in [1.165, 1.54) is 41.0 Å². The van der Waals surface area contributed by atoms with E-state index in [1.807, 2.05) is 0 Å². The maximum absolute atomic E-state index is 11.8. The van der Waals surface area contributed by atoms with Crippen LogP contribution in [0, 0.1) is 6.92 Å². The molecule has 0 unspecified atom stereocenters. The minimum Gasteiger partial charge on any atom is -0.369 e. The molecule has 0 radical (unpaired) electrons.